The van der Waals surface area contributed by atoms with Crippen LogP contribution >= 0.6 is 0 Å². The van der Waals surface area contributed by atoms with Crippen LogP contribution in [0.25, 0.3) is 0 Å². The summed E-state index contributed by atoms with van der Waals surface area (Å²) in [7, 11) is 1.56. The topological polar surface area (TPSA) is 71.9 Å². The van der Waals surface area contributed by atoms with Crippen LogP contribution in [0.2, 0.25) is 0 Å². The molecule has 3 N–H and O–H groups in total. The van der Waals surface area contributed by atoms with Crippen molar-refractivity contribution < 1.29 is 19.2 Å². The summed E-state index contributed by atoms with van der Waals surface area (Å²) in [5, 5.41) is 5.77. The summed E-state index contributed by atoms with van der Waals surface area (Å²) in [5.41, 5.74) is 3.61. The average molecular weight is 370 g/mol. The zero-order chi connectivity index (χ0) is 19.8. The third kappa shape index (κ3) is 6.42. The smallest absolute Gasteiger partial charge is 0.279 e. The highest BCUT2D eigenvalue weighted by molar-refractivity contribution is 5.94. The van der Waals surface area contributed by atoms with Gasteiger partial charge in [-0.1, -0.05) is 18.2 Å². The van der Waals surface area contributed by atoms with E-state index in [0.29, 0.717) is 18.0 Å². The number of para-hydroxylation sites is 2. The number of hydrogen-bond acceptors (Lipinski definition) is 3. The Labute approximate surface area is 160 Å². The first-order valence-corrected chi connectivity index (χ1v) is 9.05. The van der Waals surface area contributed by atoms with E-state index in [1.807, 2.05) is 45.0 Å². The number of ether oxygens (including phenoxy) is 1. The summed E-state index contributed by atoms with van der Waals surface area (Å²) < 4.78 is 5.24. The van der Waals surface area contributed by atoms with Crippen LogP contribution in [0, 0.1) is 13.8 Å². The van der Waals surface area contributed by atoms with Gasteiger partial charge in [0.1, 0.15) is 5.75 Å². The highest BCUT2D eigenvalue weighted by atomic mass is 16.5. The standard InChI is InChI=1S/C21H27N3O3/c1-5-24(13-20(25)22-17-11-15(2)10-16(3)12-17)14-21(26)23-18-8-6-7-9-19(18)27-4/h6-12H,5,13-14H2,1-4H3,(H,22,25)(H,23,26)/p+1. The molecule has 0 aliphatic carbocycles. The third-order valence-corrected chi connectivity index (χ3v) is 4.21. The largest absolute Gasteiger partial charge is 0.495 e. The van der Waals surface area contributed by atoms with Crippen LogP contribution in [0.4, 0.5) is 11.4 Å². The molecule has 0 saturated heterocycles. The molecule has 2 rings (SSSR count). The Balaban J connectivity index is 1.92. The summed E-state index contributed by atoms with van der Waals surface area (Å²) in [5.74, 6) is 0.342. The fourth-order valence-electron chi connectivity index (χ4n) is 2.96. The predicted molar refractivity (Wildman–Crippen MR) is 107 cm³/mol. The van der Waals surface area contributed by atoms with Crippen LogP contribution < -0.4 is 20.3 Å². The van der Waals surface area contributed by atoms with Gasteiger partial charge in [-0.25, -0.2) is 0 Å². The number of rotatable bonds is 8. The van der Waals surface area contributed by atoms with E-state index in [4.69, 9.17) is 4.74 Å². The maximum atomic E-state index is 12.4. The van der Waals surface area contributed by atoms with E-state index in [1.54, 1.807) is 19.2 Å². The Hall–Kier alpha value is -2.86. The fraction of sp³-hybridized carbons (Fsp3) is 0.333. The lowest BCUT2D eigenvalue weighted by atomic mass is 10.1. The van der Waals surface area contributed by atoms with E-state index >= 15 is 0 Å². The second kappa shape index (κ2) is 9.73. The van der Waals surface area contributed by atoms with Crippen molar-refractivity contribution in [3.63, 3.8) is 0 Å². The van der Waals surface area contributed by atoms with Gasteiger partial charge in [-0.2, -0.15) is 0 Å². The molecule has 0 radical (unpaired) electrons. The lowest BCUT2D eigenvalue weighted by Crippen LogP contribution is -3.13. The van der Waals surface area contributed by atoms with Crippen molar-refractivity contribution in [2.24, 2.45) is 0 Å². The van der Waals surface area contributed by atoms with Crippen molar-refractivity contribution in [1.29, 1.82) is 0 Å². The van der Waals surface area contributed by atoms with Crippen molar-refractivity contribution in [2.75, 3.05) is 37.4 Å². The van der Waals surface area contributed by atoms with Crippen LogP contribution in [0.15, 0.2) is 42.5 Å². The molecule has 0 saturated carbocycles. The summed E-state index contributed by atoms with van der Waals surface area (Å²) >= 11 is 0. The number of nitrogens with one attached hydrogen (secondary N) is 3. The van der Waals surface area contributed by atoms with Gasteiger partial charge in [0.2, 0.25) is 0 Å². The van der Waals surface area contributed by atoms with Gasteiger partial charge >= 0.3 is 0 Å². The Morgan fingerprint density at radius 2 is 1.56 bits per heavy atom. The predicted octanol–water partition coefficient (Wildman–Crippen LogP) is 1.79. The van der Waals surface area contributed by atoms with Crippen molar-refractivity contribution in [2.45, 2.75) is 20.8 Å². The van der Waals surface area contributed by atoms with Crippen molar-refractivity contribution in [1.82, 2.24) is 0 Å². The molecule has 0 aromatic heterocycles. The number of amides is 2. The third-order valence-electron chi connectivity index (χ3n) is 4.21. The highest BCUT2D eigenvalue weighted by Crippen LogP contribution is 2.22. The quantitative estimate of drug-likeness (QED) is 0.663. The van der Waals surface area contributed by atoms with E-state index in [9.17, 15) is 9.59 Å². The molecular weight excluding hydrogens is 342 g/mol. The van der Waals surface area contributed by atoms with Gasteiger partial charge in [0.05, 0.1) is 19.3 Å². The van der Waals surface area contributed by atoms with Gasteiger partial charge in [-0.15, -0.1) is 0 Å². The van der Waals surface area contributed by atoms with Crippen LogP contribution in [-0.4, -0.2) is 38.6 Å². The lowest BCUT2D eigenvalue weighted by molar-refractivity contribution is -0.881. The van der Waals surface area contributed by atoms with Gasteiger partial charge in [0.25, 0.3) is 11.8 Å². The second-order valence-electron chi connectivity index (χ2n) is 6.63. The number of methoxy groups -OCH3 is 1. The van der Waals surface area contributed by atoms with E-state index in [0.717, 1.165) is 21.7 Å². The Morgan fingerprint density at radius 3 is 2.15 bits per heavy atom. The summed E-state index contributed by atoms with van der Waals surface area (Å²) in [6, 6.07) is 13.2. The number of carbonyl (C=O) groups excluding carboxylic acids is 2. The first-order chi connectivity index (χ1) is 12.9. The lowest BCUT2D eigenvalue weighted by Gasteiger charge is -2.17. The number of likely N-dealkylation sites (N-methyl/N-ethyl adjacent to an activating group) is 1. The Kier molecular flexibility index (Phi) is 7.37. The fourth-order valence-corrected chi connectivity index (χ4v) is 2.96. The van der Waals surface area contributed by atoms with Crippen molar-refractivity contribution in [3.05, 3.63) is 53.6 Å². The number of quaternary nitrogens is 1. The molecule has 6 heteroatoms. The molecule has 0 aliphatic heterocycles. The summed E-state index contributed by atoms with van der Waals surface area (Å²) in [6.07, 6.45) is 0. The first kappa shape index (κ1) is 20.5. The zero-order valence-corrected chi connectivity index (χ0v) is 16.4. The number of benzene rings is 2. The molecule has 0 aliphatic rings. The van der Waals surface area contributed by atoms with Gasteiger partial charge in [0.15, 0.2) is 13.1 Å². The number of anilines is 2. The van der Waals surface area contributed by atoms with Crippen molar-refractivity contribution in [3.8, 4) is 5.75 Å². The Morgan fingerprint density at radius 1 is 0.963 bits per heavy atom. The Bertz CT molecular complexity index is 785. The minimum Gasteiger partial charge on any atom is -0.495 e. The maximum absolute atomic E-state index is 12.4. The molecule has 0 bridgehead atoms. The highest BCUT2D eigenvalue weighted by Gasteiger charge is 2.18. The molecule has 0 fully saturated rings. The molecular formula is C21H28N3O3+. The van der Waals surface area contributed by atoms with E-state index < -0.39 is 0 Å². The van der Waals surface area contributed by atoms with Crippen LogP contribution in [0.1, 0.15) is 18.1 Å². The minimum absolute atomic E-state index is 0.109. The van der Waals surface area contributed by atoms with Crippen LogP contribution in [0.5, 0.6) is 5.75 Å². The molecule has 2 aromatic carbocycles. The SMILES string of the molecule is CC[NH+](CC(=O)Nc1cc(C)cc(C)c1)CC(=O)Nc1ccccc1OC. The molecule has 1 unspecified atom stereocenters. The molecule has 2 aromatic rings. The molecule has 2 amide bonds. The average Bonchev–Trinajstić information content (AvgIpc) is 2.60. The maximum Gasteiger partial charge on any atom is 0.279 e. The molecule has 0 spiro atoms. The number of aryl methyl sites for hydroxylation is 2. The van der Waals surface area contributed by atoms with E-state index in [1.165, 1.54) is 0 Å². The van der Waals surface area contributed by atoms with Gasteiger partial charge in [-0.05, 0) is 56.2 Å². The first-order valence-electron chi connectivity index (χ1n) is 9.05. The normalized spacial score (nSPS) is 11.6. The van der Waals surface area contributed by atoms with Gasteiger partial charge in [-0.3, -0.25) is 9.59 Å². The van der Waals surface area contributed by atoms with Crippen LogP contribution in [0.3, 0.4) is 0 Å². The van der Waals surface area contributed by atoms with Gasteiger partial charge in [0, 0.05) is 5.69 Å². The van der Waals surface area contributed by atoms with Crippen LogP contribution in [-0.2, 0) is 9.59 Å². The monoisotopic (exact) mass is 370 g/mol. The number of hydrogen-bond donors (Lipinski definition) is 3. The number of carbonyl (C=O) groups is 2. The van der Waals surface area contributed by atoms with E-state index in [2.05, 4.69) is 16.7 Å². The zero-order valence-electron chi connectivity index (χ0n) is 16.4. The molecule has 0 heterocycles. The minimum atomic E-state index is -0.157. The summed E-state index contributed by atoms with van der Waals surface area (Å²) in [4.78, 5) is 25.6. The molecule has 6 nitrogen and oxygen atoms in total. The summed E-state index contributed by atoms with van der Waals surface area (Å²) in [6.45, 7) is 7.04. The molecule has 1 atom stereocenters. The molecule has 144 valence electrons. The van der Waals surface area contributed by atoms with Crippen molar-refractivity contribution >= 4 is 23.2 Å². The van der Waals surface area contributed by atoms with E-state index in [-0.39, 0.29) is 24.9 Å². The second-order valence-corrected chi connectivity index (χ2v) is 6.63. The molecule has 27 heavy (non-hydrogen) atoms. The van der Waals surface area contributed by atoms with Gasteiger partial charge < -0.3 is 20.3 Å².